The van der Waals surface area contributed by atoms with E-state index in [2.05, 4.69) is 20.7 Å². The molecule has 0 aliphatic carbocycles. The van der Waals surface area contributed by atoms with E-state index >= 15 is 0 Å². The number of benzene rings is 1. The Bertz CT molecular complexity index is 720. The molecule has 0 radical (unpaired) electrons. The molecule has 2 rings (SSSR count). The third-order valence-electron chi connectivity index (χ3n) is 2.62. The van der Waals surface area contributed by atoms with E-state index in [1.54, 1.807) is 31.2 Å². The van der Waals surface area contributed by atoms with Gasteiger partial charge in [-0.1, -0.05) is 0 Å². The van der Waals surface area contributed by atoms with E-state index < -0.39 is 10.0 Å². The van der Waals surface area contributed by atoms with Crippen LogP contribution in [0.3, 0.4) is 0 Å². The highest BCUT2D eigenvalue weighted by atomic mass is 79.9. The van der Waals surface area contributed by atoms with E-state index in [1.807, 2.05) is 11.4 Å². The van der Waals surface area contributed by atoms with Gasteiger partial charge < -0.3 is 0 Å². The molecule has 0 amide bonds. The summed E-state index contributed by atoms with van der Waals surface area (Å²) in [7, 11) is -3.30. The summed E-state index contributed by atoms with van der Waals surface area (Å²) in [6.45, 7) is 1.56. The Morgan fingerprint density at radius 1 is 1.25 bits per heavy atom. The van der Waals surface area contributed by atoms with Crippen LogP contribution in [-0.4, -0.2) is 20.0 Å². The number of halogens is 1. The van der Waals surface area contributed by atoms with Crippen molar-refractivity contribution in [3.63, 3.8) is 0 Å². The minimum Gasteiger partial charge on any atom is -0.288 e. The second-order valence-corrected chi connectivity index (χ2v) is 7.79. The Morgan fingerprint density at radius 3 is 2.40 bits per heavy atom. The molecule has 0 bridgehead atoms. The molecular formula is C13H12BrNO3S2. The summed E-state index contributed by atoms with van der Waals surface area (Å²) in [5.41, 5.74) is 0.973. The molecule has 0 fully saturated rings. The number of hydrogen-bond donors (Lipinski definition) is 1. The van der Waals surface area contributed by atoms with Gasteiger partial charge in [-0.3, -0.25) is 9.52 Å². The molecule has 1 N–H and O–H groups in total. The molecule has 0 saturated carbocycles. The average molecular weight is 374 g/mol. The van der Waals surface area contributed by atoms with Crippen LogP contribution in [0.2, 0.25) is 0 Å². The SMILES string of the molecule is CCS(=O)(=O)Nc1ccc(C(=O)c2sccc2Br)cc1. The number of hydrogen-bond acceptors (Lipinski definition) is 4. The fourth-order valence-corrected chi connectivity index (χ4v) is 3.68. The molecule has 0 unspecified atom stereocenters. The van der Waals surface area contributed by atoms with E-state index in [1.165, 1.54) is 11.3 Å². The van der Waals surface area contributed by atoms with Crippen LogP contribution in [0.4, 0.5) is 5.69 Å². The fourth-order valence-electron chi connectivity index (χ4n) is 1.53. The Morgan fingerprint density at radius 2 is 1.90 bits per heavy atom. The van der Waals surface area contributed by atoms with Crippen LogP contribution in [0.1, 0.15) is 22.2 Å². The lowest BCUT2D eigenvalue weighted by molar-refractivity contribution is 0.104. The van der Waals surface area contributed by atoms with E-state index in [0.29, 0.717) is 16.1 Å². The third-order valence-corrected chi connectivity index (χ3v) is 5.77. The van der Waals surface area contributed by atoms with Crippen LogP contribution in [0.15, 0.2) is 40.2 Å². The van der Waals surface area contributed by atoms with Gasteiger partial charge in [-0.2, -0.15) is 0 Å². The molecule has 106 valence electrons. The molecule has 1 heterocycles. The van der Waals surface area contributed by atoms with Crippen molar-refractivity contribution in [3.05, 3.63) is 50.6 Å². The zero-order valence-corrected chi connectivity index (χ0v) is 13.8. The van der Waals surface area contributed by atoms with E-state index in [4.69, 9.17) is 0 Å². The first-order valence-corrected chi connectivity index (χ1v) is 9.13. The van der Waals surface area contributed by atoms with Crippen LogP contribution in [0.5, 0.6) is 0 Å². The predicted octanol–water partition coefficient (Wildman–Crippen LogP) is 3.50. The number of thiophene rings is 1. The van der Waals surface area contributed by atoms with Gasteiger partial charge in [0, 0.05) is 15.7 Å². The molecule has 7 heteroatoms. The number of carbonyl (C=O) groups is 1. The number of ketones is 1. The van der Waals surface area contributed by atoms with E-state index in [9.17, 15) is 13.2 Å². The van der Waals surface area contributed by atoms with E-state index in [-0.39, 0.29) is 11.5 Å². The highest BCUT2D eigenvalue weighted by Crippen LogP contribution is 2.26. The highest BCUT2D eigenvalue weighted by molar-refractivity contribution is 9.10. The van der Waals surface area contributed by atoms with Crippen LogP contribution in [0.25, 0.3) is 0 Å². The van der Waals surface area contributed by atoms with Gasteiger partial charge in [0.25, 0.3) is 0 Å². The maximum Gasteiger partial charge on any atom is 0.232 e. The minimum absolute atomic E-state index is 0.00975. The van der Waals surface area contributed by atoms with E-state index in [0.717, 1.165) is 4.47 Å². The first-order valence-electron chi connectivity index (χ1n) is 5.81. The highest BCUT2D eigenvalue weighted by Gasteiger charge is 2.14. The molecule has 1 aromatic carbocycles. The van der Waals surface area contributed by atoms with Crippen molar-refractivity contribution in [2.45, 2.75) is 6.92 Å². The molecule has 4 nitrogen and oxygen atoms in total. The third kappa shape index (κ3) is 3.47. The molecule has 1 aromatic heterocycles. The molecular weight excluding hydrogens is 362 g/mol. The lowest BCUT2D eigenvalue weighted by Gasteiger charge is -2.06. The van der Waals surface area contributed by atoms with Crippen molar-refractivity contribution in [1.29, 1.82) is 0 Å². The Labute approximate surface area is 130 Å². The monoisotopic (exact) mass is 373 g/mol. The quantitative estimate of drug-likeness (QED) is 0.815. The normalized spacial score (nSPS) is 11.3. The molecule has 0 aliphatic rings. The number of sulfonamides is 1. The van der Waals surface area contributed by atoms with Crippen molar-refractivity contribution in [2.24, 2.45) is 0 Å². The van der Waals surface area contributed by atoms with Crippen LogP contribution < -0.4 is 4.72 Å². The van der Waals surface area contributed by atoms with Crippen molar-refractivity contribution in [3.8, 4) is 0 Å². The smallest absolute Gasteiger partial charge is 0.232 e. The van der Waals surface area contributed by atoms with Crippen LogP contribution in [0, 0.1) is 0 Å². The molecule has 2 aromatic rings. The van der Waals surface area contributed by atoms with Crippen molar-refractivity contribution < 1.29 is 13.2 Å². The number of carbonyl (C=O) groups excluding carboxylic acids is 1. The topological polar surface area (TPSA) is 63.2 Å². The van der Waals surface area contributed by atoms with Gasteiger partial charge in [-0.05, 0) is 58.6 Å². The zero-order chi connectivity index (χ0) is 14.8. The van der Waals surface area contributed by atoms with Gasteiger partial charge in [0.15, 0.2) is 0 Å². The maximum absolute atomic E-state index is 12.2. The summed E-state index contributed by atoms with van der Waals surface area (Å²) in [5.74, 6) is -0.0766. The van der Waals surface area contributed by atoms with Crippen LogP contribution >= 0.6 is 27.3 Å². The maximum atomic E-state index is 12.2. The second kappa shape index (κ2) is 6.07. The summed E-state index contributed by atoms with van der Waals surface area (Å²) in [6.07, 6.45) is 0. The fraction of sp³-hybridized carbons (Fsp3) is 0.154. The number of anilines is 1. The summed E-state index contributed by atoms with van der Waals surface area (Å²) < 4.78 is 26.1. The summed E-state index contributed by atoms with van der Waals surface area (Å²) in [6, 6.07) is 8.22. The van der Waals surface area contributed by atoms with Gasteiger partial charge >= 0.3 is 0 Å². The van der Waals surface area contributed by atoms with Crippen LogP contribution in [-0.2, 0) is 10.0 Å². The largest absolute Gasteiger partial charge is 0.288 e. The standard InChI is InChI=1S/C13H12BrNO3S2/c1-2-20(17,18)15-10-5-3-9(4-6-10)12(16)13-11(14)7-8-19-13/h3-8,15H,2H2,1H3. The van der Waals surface area contributed by atoms with Crippen molar-refractivity contribution >= 4 is 48.8 Å². The lowest BCUT2D eigenvalue weighted by atomic mass is 10.1. The minimum atomic E-state index is -3.30. The Hall–Kier alpha value is -1.18. The lowest BCUT2D eigenvalue weighted by Crippen LogP contribution is -2.14. The van der Waals surface area contributed by atoms with Crippen molar-refractivity contribution in [2.75, 3.05) is 10.5 Å². The van der Waals surface area contributed by atoms with Crippen molar-refractivity contribution in [1.82, 2.24) is 0 Å². The van der Waals surface area contributed by atoms with Gasteiger partial charge in [-0.25, -0.2) is 8.42 Å². The Kier molecular flexibility index (Phi) is 4.62. The first kappa shape index (κ1) is 15.2. The first-order chi connectivity index (χ1) is 9.43. The Balaban J connectivity index is 2.21. The molecule has 0 spiro atoms. The second-order valence-electron chi connectivity index (χ2n) is 4.01. The molecule has 0 saturated heterocycles. The van der Waals surface area contributed by atoms with Gasteiger partial charge in [0.2, 0.25) is 15.8 Å². The predicted molar refractivity (Wildman–Crippen MR) is 85.0 cm³/mol. The summed E-state index contributed by atoms with van der Waals surface area (Å²) in [4.78, 5) is 12.9. The van der Waals surface area contributed by atoms with Gasteiger partial charge in [0.05, 0.1) is 10.6 Å². The number of nitrogens with one attached hydrogen (secondary N) is 1. The molecule has 0 atom stereocenters. The summed E-state index contributed by atoms with van der Waals surface area (Å²) in [5, 5.41) is 1.83. The van der Waals surface area contributed by atoms with Gasteiger partial charge in [-0.15, -0.1) is 11.3 Å². The summed E-state index contributed by atoms with van der Waals surface area (Å²) >= 11 is 4.69. The molecule has 0 aliphatic heterocycles. The van der Waals surface area contributed by atoms with Gasteiger partial charge in [0.1, 0.15) is 0 Å². The molecule has 20 heavy (non-hydrogen) atoms. The average Bonchev–Trinajstić information content (AvgIpc) is 2.85. The number of rotatable bonds is 5. The zero-order valence-electron chi connectivity index (χ0n) is 10.6.